The normalized spacial score (nSPS) is 18.4. The molecule has 0 aliphatic carbocycles. The number of nitrogens with zero attached hydrogens (tertiary/aromatic N) is 9. The summed E-state index contributed by atoms with van der Waals surface area (Å²) in [5.74, 6) is -0.346. The highest BCUT2D eigenvalue weighted by atomic mass is 16.5. The van der Waals surface area contributed by atoms with Gasteiger partial charge in [0.05, 0.1) is 59.4 Å². The first kappa shape index (κ1) is 65.5. The van der Waals surface area contributed by atoms with Crippen LogP contribution in [0, 0.1) is 23.7 Å². The van der Waals surface area contributed by atoms with Crippen molar-refractivity contribution >= 4 is 48.0 Å². The molecule has 8 rings (SSSR count). The fourth-order valence-electron chi connectivity index (χ4n) is 9.50. The predicted octanol–water partition coefficient (Wildman–Crippen LogP) is 4.21. The zero-order chi connectivity index (χ0) is 60.3. The standard InChI is InChI=1S/C26H28N6O6.C21H24N4O6.C8H11N.2C2H6/c1-38-20-9-7-19(8-10-20)15-29-16-22-31(21(25(29)36)13-24(34)35)23(33)17-30(12-11-27)32(22)26(37)28-14-18-5-3-2-4-6-18;1-3-10-23-13-19(27)25-17(8-9-20(28)29)21(30)22(12-18(25)24(23)14-26)11-15-4-6-16(31-2)7-5-15;1-9-7-8-5-3-2-4-6-8;2*1-2/h2-10,21-22H,12-17H2,1H3,(H,28,37)(H,34,35);1,4-7,14,17-18H,8-13H2,2H3,(H,28,29);2-6,9H,7H2,1H3;2*1-2H3/t21?,22-;17?,18-;;;/m01.../s1. The highest BCUT2D eigenvalue weighted by molar-refractivity contribution is 5.94. The quantitative estimate of drug-likeness (QED) is 0.0618. The van der Waals surface area contributed by atoms with Gasteiger partial charge in [-0.3, -0.25) is 38.6 Å². The molecule has 4 N–H and O–H groups in total. The first-order valence-corrected chi connectivity index (χ1v) is 26.9. The second-order valence-corrected chi connectivity index (χ2v) is 18.3. The van der Waals surface area contributed by atoms with Crippen molar-refractivity contribution in [2.24, 2.45) is 0 Å². The van der Waals surface area contributed by atoms with Crippen molar-refractivity contribution in [3.05, 3.63) is 131 Å². The molecule has 4 heterocycles. The lowest BCUT2D eigenvalue weighted by Crippen LogP contribution is -2.76. The number of hydrazine groups is 2. The number of piperazine rings is 2. The van der Waals surface area contributed by atoms with Crippen LogP contribution in [0.1, 0.15) is 69.2 Å². The number of carbonyl (C=O) groups excluding carboxylic acids is 6. The van der Waals surface area contributed by atoms with Gasteiger partial charge in [0.2, 0.25) is 30.0 Å². The van der Waals surface area contributed by atoms with E-state index in [4.69, 9.17) is 21.0 Å². The second kappa shape index (κ2) is 33.5. The number of rotatable bonds is 18. The van der Waals surface area contributed by atoms with Gasteiger partial charge in [0, 0.05) is 32.6 Å². The summed E-state index contributed by atoms with van der Waals surface area (Å²) in [6.07, 6.45) is 3.26. The summed E-state index contributed by atoms with van der Waals surface area (Å²) in [7, 11) is 5.05. The Morgan fingerprint density at radius 2 is 1.13 bits per heavy atom. The molecular formula is C59H75N11O12. The molecule has 4 aliphatic heterocycles. The van der Waals surface area contributed by atoms with Gasteiger partial charge in [0.15, 0.2) is 0 Å². The van der Waals surface area contributed by atoms with Crippen molar-refractivity contribution in [3.63, 3.8) is 0 Å². The maximum absolute atomic E-state index is 13.5. The Morgan fingerprint density at radius 3 is 1.59 bits per heavy atom. The molecule has 4 aromatic rings. The second-order valence-electron chi connectivity index (χ2n) is 18.3. The maximum atomic E-state index is 13.5. The molecule has 23 heteroatoms. The number of carbonyl (C=O) groups is 8. The van der Waals surface area contributed by atoms with Crippen molar-refractivity contribution in [1.82, 2.24) is 50.3 Å². The van der Waals surface area contributed by atoms with Crippen molar-refractivity contribution in [2.45, 2.75) is 97.6 Å². The smallest absolute Gasteiger partial charge is 0.334 e. The summed E-state index contributed by atoms with van der Waals surface area (Å²) >= 11 is 0. The number of methoxy groups -OCH3 is 2. The summed E-state index contributed by atoms with van der Waals surface area (Å²) in [6, 6.07) is 32.9. The number of carboxylic acid groups (broad SMARTS) is 2. The van der Waals surface area contributed by atoms with Crippen LogP contribution in [-0.4, -0.2) is 183 Å². The lowest BCUT2D eigenvalue weighted by Gasteiger charge is -2.54. The third-order valence-electron chi connectivity index (χ3n) is 13.1. The van der Waals surface area contributed by atoms with Crippen LogP contribution in [0.4, 0.5) is 4.79 Å². The van der Waals surface area contributed by atoms with Gasteiger partial charge in [0.1, 0.15) is 42.5 Å². The first-order chi connectivity index (χ1) is 39.6. The minimum atomic E-state index is -1.30. The van der Waals surface area contributed by atoms with E-state index in [0.717, 1.165) is 23.2 Å². The van der Waals surface area contributed by atoms with E-state index in [1.165, 1.54) is 40.3 Å². The molecule has 82 heavy (non-hydrogen) atoms. The van der Waals surface area contributed by atoms with E-state index in [-0.39, 0.29) is 83.6 Å². The van der Waals surface area contributed by atoms with Crippen molar-refractivity contribution in [2.75, 3.05) is 60.5 Å². The molecule has 4 saturated heterocycles. The van der Waals surface area contributed by atoms with Gasteiger partial charge in [-0.2, -0.15) is 15.3 Å². The molecule has 0 bridgehead atoms. The predicted molar refractivity (Wildman–Crippen MR) is 303 cm³/mol. The highest BCUT2D eigenvalue weighted by Crippen LogP contribution is 2.31. The highest BCUT2D eigenvalue weighted by Gasteiger charge is 2.52. The van der Waals surface area contributed by atoms with E-state index in [0.29, 0.717) is 17.9 Å². The number of benzene rings is 4. The van der Waals surface area contributed by atoms with E-state index in [2.05, 4.69) is 28.7 Å². The first-order valence-electron chi connectivity index (χ1n) is 26.9. The van der Waals surface area contributed by atoms with Crippen LogP contribution >= 0.6 is 0 Å². The largest absolute Gasteiger partial charge is 0.497 e. The van der Waals surface area contributed by atoms with Crippen LogP contribution in [-0.2, 0) is 59.7 Å². The number of nitriles is 1. The molecular weight excluding hydrogens is 1050 g/mol. The molecule has 0 spiro atoms. The van der Waals surface area contributed by atoms with Gasteiger partial charge in [-0.25, -0.2) is 9.80 Å². The Bertz CT molecular complexity index is 2810. The number of hydrogen-bond donors (Lipinski definition) is 4. The molecule has 2 unspecified atom stereocenters. The van der Waals surface area contributed by atoms with E-state index in [1.54, 1.807) is 55.5 Å². The number of ether oxygens (including phenoxy) is 2. The monoisotopic (exact) mass is 1130 g/mol. The molecule has 7 amide bonds. The third kappa shape index (κ3) is 17.7. The average Bonchev–Trinajstić information content (AvgIpc) is 1.76. The summed E-state index contributed by atoms with van der Waals surface area (Å²) in [5, 5.41) is 39.3. The van der Waals surface area contributed by atoms with Crippen molar-refractivity contribution in [1.29, 1.82) is 5.26 Å². The lowest BCUT2D eigenvalue weighted by molar-refractivity contribution is -0.199. The van der Waals surface area contributed by atoms with Gasteiger partial charge in [-0.1, -0.05) is 119 Å². The lowest BCUT2D eigenvalue weighted by atomic mass is 10.0. The van der Waals surface area contributed by atoms with Crippen LogP contribution in [0.5, 0.6) is 11.5 Å². The third-order valence-corrected chi connectivity index (χ3v) is 13.1. The molecule has 438 valence electrons. The average molecular weight is 1130 g/mol. The fourth-order valence-corrected chi connectivity index (χ4v) is 9.50. The molecule has 4 aromatic carbocycles. The zero-order valence-electron chi connectivity index (χ0n) is 47.6. The number of hydrogen-bond acceptors (Lipinski definition) is 14. The maximum Gasteiger partial charge on any atom is 0.334 e. The topological polar surface area (TPSA) is 269 Å². The minimum Gasteiger partial charge on any atom is -0.497 e. The molecule has 0 aromatic heterocycles. The Labute approximate surface area is 479 Å². The number of aliphatic carboxylic acids is 2. The number of amides is 7. The summed E-state index contributed by atoms with van der Waals surface area (Å²) in [4.78, 5) is 106. The number of terminal acetylenes is 1. The van der Waals surface area contributed by atoms with E-state index < -0.39 is 60.6 Å². The van der Waals surface area contributed by atoms with Gasteiger partial charge in [-0.05, 0) is 60.0 Å². The summed E-state index contributed by atoms with van der Waals surface area (Å²) in [5.41, 5.74) is 3.78. The van der Waals surface area contributed by atoms with Crippen LogP contribution < -0.4 is 20.1 Å². The molecule has 4 fully saturated rings. The number of nitrogens with one attached hydrogen (secondary N) is 2. The van der Waals surface area contributed by atoms with Gasteiger partial charge < -0.3 is 49.9 Å². The number of urea groups is 1. The van der Waals surface area contributed by atoms with E-state index in [9.17, 15) is 48.7 Å². The molecule has 4 atom stereocenters. The van der Waals surface area contributed by atoms with Crippen LogP contribution in [0.15, 0.2) is 109 Å². The Balaban J connectivity index is 0.000000294. The molecule has 23 nitrogen and oxygen atoms in total. The fraction of sp³-hybridized carbons (Fsp3) is 0.407. The van der Waals surface area contributed by atoms with Crippen LogP contribution in [0.2, 0.25) is 0 Å². The van der Waals surface area contributed by atoms with E-state index >= 15 is 0 Å². The van der Waals surface area contributed by atoms with Gasteiger partial charge in [0.25, 0.3) is 0 Å². The minimum absolute atomic E-state index is 0.0443. The Morgan fingerprint density at radius 1 is 0.659 bits per heavy atom. The molecule has 0 radical (unpaired) electrons. The molecule has 0 saturated carbocycles. The Hall–Kier alpha value is -9.03. The SMILES string of the molecule is C#CCN1CC(=O)N2C(CCC(=O)O)C(=O)N(Cc3ccc(OC)cc3)C[C@@H]2N1C=O.CC.CC.CNCc1ccccc1.COc1ccc(CN2C[C@H]3N(C(=O)CN(CC#N)N3C(=O)NCc3ccccc3)C(CC(=O)O)C2=O)cc1. The van der Waals surface area contributed by atoms with Crippen LogP contribution in [0.25, 0.3) is 0 Å². The summed E-state index contributed by atoms with van der Waals surface area (Å²) < 4.78 is 10.3. The number of fused-ring (bicyclic) bond motifs is 2. The van der Waals surface area contributed by atoms with Crippen molar-refractivity contribution < 1.29 is 58.0 Å². The van der Waals surface area contributed by atoms with Gasteiger partial charge in [-0.15, -0.1) is 6.42 Å². The van der Waals surface area contributed by atoms with Gasteiger partial charge >= 0.3 is 18.0 Å². The Kier molecular flexibility index (Phi) is 26.8. The van der Waals surface area contributed by atoms with Crippen molar-refractivity contribution in [3.8, 4) is 29.9 Å². The van der Waals surface area contributed by atoms with Crippen LogP contribution in [0.3, 0.4) is 0 Å². The zero-order valence-corrected chi connectivity index (χ0v) is 47.6. The number of carboxylic acids is 2. The van der Waals surface area contributed by atoms with E-state index in [1.807, 2.05) is 101 Å². The molecule has 4 aliphatic rings. The summed E-state index contributed by atoms with van der Waals surface area (Å²) in [6.45, 7) is 8.87.